The highest BCUT2D eigenvalue weighted by atomic mass is 16.5. The minimum Gasteiger partial charge on any atom is -0.481 e. The molecule has 4 heteroatoms. The number of anilines is 1. The average molecular weight is 210 g/mol. The molecule has 0 spiro atoms. The zero-order chi connectivity index (χ0) is 11.1. The molecule has 1 unspecified atom stereocenters. The third-order valence-electron chi connectivity index (χ3n) is 2.02. The summed E-state index contributed by atoms with van der Waals surface area (Å²) in [6.45, 7) is 3.71. The highest BCUT2D eigenvalue weighted by molar-refractivity contribution is 5.36. The highest BCUT2D eigenvalue weighted by Crippen LogP contribution is 2.11. The van der Waals surface area contributed by atoms with Crippen LogP contribution in [0.1, 0.15) is 6.92 Å². The Balaban J connectivity index is 2.43. The van der Waals surface area contributed by atoms with Crippen molar-refractivity contribution in [3.8, 4) is 5.88 Å². The minimum absolute atomic E-state index is 0.461. The van der Waals surface area contributed by atoms with Gasteiger partial charge in [0.05, 0.1) is 13.7 Å². The van der Waals surface area contributed by atoms with Crippen molar-refractivity contribution in [1.82, 2.24) is 4.98 Å². The Morgan fingerprint density at radius 3 is 2.87 bits per heavy atom. The minimum atomic E-state index is 0.461. The van der Waals surface area contributed by atoms with E-state index in [4.69, 9.17) is 9.47 Å². The number of nitrogens with one attached hydrogen (secondary N) is 1. The van der Waals surface area contributed by atoms with Crippen LogP contribution in [-0.2, 0) is 4.74 Å². The van der Waals surface area contributed by atoms with Gasteiger partial charge in [0.15, 0.2) is 0 Å². The topological polar surface area (TPSA) is 43.4 Å². The quantitative estimate of drug-likeness (QED) is 0.777. The predicted octanol–water partition coefficient (Wildman–Crippen LogP) is 1.78. The molecule has 1 atom stereocenters. The van der Waals surface area contributed by atoms with Crippen molar-refractivity contribution < 1.29 is 9.47 Å². The van der Waals surface area contributed by atoms with Gasteiger partial charge in [-0.05, 0) is 12.0 Å². The molecule has 0 fully saturated rings. The lowest BCUT2D eigenvalue weighted by molar-refractivity contribution is 0.164. The Labute approximate surface area is 90.6 Å². The molecule has 1 aromatic heterocycles. The number of aromatic nitrogens is 1. The Kier molecular flexibility index (Phi) is 4.90. The Morgan fingerprint density at radius 1 is 1.40 bits per heavy atom. The van der Waals surface area contributed by atoms with Crippen molar-refractivity contribution in [3.63, 3.8) is 0 Å². The summed E-state index contributed by atoms with van der Waals surface area (Å²) in [6.07, 6.45) is 0. The lowest BCUT2D eigenvalue weighted by Crippen LogP contribution is -2.16. The second kappa shape index (κ2) is 6.24. The number of hydrogen-bond acceptors (Lipinski definition) is 4. The summed E-state index contributed by atoms with van der Waals surface area (Å²) in [6, 6.07) is 5.65. The fourth-order valence-electron chi connectivity index (χ4n) is 1.25. The van der Waals surface area contributed by atoms with Gasteiger partial charge in [-0.2, -0.15) is 4.98 Å². The van der Waals surface area contributed by atoms with Crippen molar-refractivity contribution in [2.75, 3.05) is 32.7 Å². The van der Waals surface area contributed by atoms with Crippen LogP contribution in [0.3, 0.4) is 0 Å². The van der Waals surface area contributed by atoms with Gasteiger partial charge < -0.3 is 14.8 Å². The van der Waals surface area contributed by atoms with E-state index in [0.29, 0.717) is 11.8 Å². The Bertz CT molecular complexity index is 292. The molecule has 15 heavy (non-hydrogen) atoms. The lowest BCUT2D eigenvalue weighted by atomic mass is 10.2. The molecular weight excluding hydrogens is 192 g/mol. The van der Waals surface area contributed by atoms with Crippen LogP contribution in [0, 0.1) is 5.92 Å². The van der Waals surface area contributed by atoms with Crippen LogP contribution in [0.25, 0.3) is 0 Å². The second-order valence-electron chi connectivity index (χ2n) is 3.51. The second-order valence-corrected chi connectivity index (χ2v) is 3.51. The first-order valence-corrected chi connectivity index (χ1v) is 5.00. The molecule has 0 saturated carbocycles. The summed E-state index contributed by atoms with van der Waals surface area (Å²) in [4.78, 5) is 4.25. The first-order valence-electron chi connectivity index (χ1n) is 5.00. The standard InChI is InChI=1S/C11H18N2O2/c1-9(8-14-2)7-12-10-5-4-6-11(13-10)15-3/h4-6,9H,7-8H2,1-3H3,(H,12,13). The van der Waals surface area contributed by atoms with Crippen LogP contribution >= 0.6 is 0 Å². The van der Waals surface area contributed by atoms with Crippen LogP contribution in [0.5, 0.6) is 5.88 Å². The summed E-state index contributed by atoms with van der Waals surface area (Å²) in [5.41, 5.74) is 0. The maximum absolute atomic E-state index is 5.05. The van der Waals surface area contributed by atoms with Crippen LogP contribution in [0.2, 0.25) is 0 Å². The van der Waals surface area contributed by atoms with Gasteiger partial charge in [-0.3, -0.25) is 0 Å². The summed E-state index contributed by atoms with van der Waals surface area (Å²) in [7, 11) is 3.32. The van der Waals surface area contributed by atoms with Gasteiger partial charge in [0.25, 0.3) is 0 Å². The van der Waals surface area contributed by atoms with Crippen molar-refractivity contribution in [3.05, 3.63) is 18.2 Å². The molecule has 0 saturated heterocycles. The number of pyridine rings is 1. The number of rotatable bonds is 6. The number of ether oxygens (including phenoxy) is 2. The summed E-state index contributed by atoms with van der Waals surface area (Å²) >= 11 is 0. The fourth-order valence-corrected chi connectivity index (χ4v) is 1.25. The largest absolute Gasteiger partial charge is 0.481 e. The monoisotopic (exact) mass is 210 g/mol. The SMILES string of the molecule is COCC(C)CNc1cccc(OC)n1. The predicted molar refractivity (Wildman–Crippen MR) is 60.3 cm³/mol. The number of methoxy groups -OCH3 is 2. The summed E-state index contributed by atoms with van der Waals surface area (Å²) in [5.74, 6) is 1.92. The van der Waals surface area contributed by atoms with E-state index < -0.39 is 0 Å². The zero-order valence-corrected chi connectivity index (χ0v) is 9.49. The number of nitrogens with zero attached hydrogens (tertiary/aromatic N) is 1. The smallest absolute Gasteiger partial charge is 0.214 e. The van der Waals surface area contributed by atoms with Crippen LogP contribution < -0.4 is 10.1 Å². The van der Waals surface area contributed by atoms with Crippen LogP contribution in [0.4, 0.5) is 5.82 Å². The van der Waals surface area contributed by atoms with Gasteiger partial charge in [0, 0.05) is 19.7 Å². The van der Waals surface area contributed by atoms with E-state index in [1.807, 2.05) is 18.2 Å². The number of hydrogen-bond donors (Lipinski definition) is 1. The Morgan fingerprint density at radius 2 is 2.20 bits per heavy atom. The molecule has 0 radical (unpaired) electrons. The van der Waals surface area contributed by atoms with Gasteiger partial charge in [-0.25, -0.2) is 0 Å². The molecule has 0 amide bonds. The normalized spacial score (nSPS) is 12.2. The van der Waals surface area contributed by atoms with E-state index in [9.17, 15) is 0 Å². The highest BCUT2D eigenvalue weighted by Gasteiger charge is 2.02. The third kappa shape index (κ3) is 4.16. The first-order chi connectivity index (χ1) is 7.26. The third-order valence-corrected chi connectivity index (χ3v) is 2.02. The van der Waals surface area contributed by atoms with Gasteiger partial charge in [-0.1, -0.05) is 13.0 Å². The lowest BCUT2D eigenvalue weighted by Gasteiger charge is -2.12. The van der Waals surface area contributed by atoms with E-state index in [-0.39, 0.29) is 0 Å². The molecule has 84 valence electrons. The molecule has 0 bridgehead atoms. The van der Waals surface area contributed by atoms with Crippen LogP contribution in [0.15, 0.2) is 18.2 Å². The van der Waals surface area contributed by atoms with E-state index in [2.05, 4.69) is 17.2 Å². The van der Waals surface area contributed by atoms with Crippen molar-refractivity contribution in [1.29, 1.82) is 0 Å². The molecule has 1 N–H and O–H groups in total. The van der Waals surface area contributed by atoms with Crippen LogP contribution in [-0.4, -0.2) is 32.4 Å². The van der Waals surface area contributed by atoms with Gasteiger partial charge in [0.2, 0.25) is 5.88 Å². The van der Waals surface area contributed by atoms with Crippen molar-refractivity contribution in [2.45, 2.75) is 6.92 Å². The van der Waals surface area contributed by atoms with Crippen molar-refractivity contribution >= 4 is 5.82 Å². The van der Waals surface area contributed by atoms with Gasteiger partial charge in [0.1, 0.15) is 5.82 Å². The molecule has 0 aromatic carbocycles. The molecular formula is C11H18N2O2. The molecule has 0 aliphatic carbocycles. The maximum atomic E-state index is 5.05. The van der Waals surface area contributed by atoms with Gasteiger partial charge in [-0.15, -0.1) is 0 Å². The van der Waals surface area contributed by atoms with E-state index in [1.165, 1.54) is 0 Å². The van der Waals surface area contributed by atoms with E-state index in [0.717, 1.165) is 19.0 Å². The molecule has 1 rings (SSSR count). The molecule has 1 aromatic rings. The van der Waals surface area contributed by atoms with Crippen molar-refractivity contribution in [2.24, 2.45) is 5.92 Å². The summed E-state index contributed by atoms with van der Waals surface area (Å²) in [5, 5.41) is 3.23. The van der Waals surface area contributed by atoms with Gasteiger partial charge >= 0.3 is 0 Å². The molecule has 4 nitrogen and oxygen atoms in total. The summed E-state index contributed by atoms with van der Waals surface area (Å²) < 4.78 is 10.1. The Hall–Kier alpha value is -1.29. The first kappa shape index (κ1) is 11.8. The van der Waals surface area contributed by atoms with E-state index >= 15 is 0 Å². The fraction of sp³-hybridized carbons (Fsp3) is 0.545. The molecule has 1 heterocycles. The average Bonchev–Trinajstić information content (AvgIpc) is 2.27. The maximum Gasteiger partial charge on any atom is 0.214 e. The molecule has 0 aliphatic heterocycles. The molecule has 0 aliphatic rings. The van der Waals surface area contributed by atoms with E-state index in [1.54, 1.807) is 14.2 Å². The zero-order valence-electron chi connectivity index (χ0n) is 9.49.